The molecule has 2 aliphatic rings. The highest BCUT2D eigenvalue weighted by Gasteiger charge is 2.24. The first-order chi connectivity index (χ1) is 14.4. The molecular formula is C19H19B2N2O5PS. The standard InChI is InChI=1S/C10H9BN2O2S.C9H10BO3P/c1-2-6-5-13(10(16)12-9(6)14)8-4-3-7(11)15-8;1-7-3-2-4-8-5-11-14(12-6-10)13-9(7)8/h1,5,7-8H,3-4H2,(H,12,14,16);2-4H,5-6H2,1H3/t7-,8?;/m0./s1. The number of aromatic amines is 1. The second-order valence-corrected chi connectivity index (χ2v) is 8.04. The highest BCUT2D eigenvalue weighted by molar-refractivity contribution is 7.71. The van der Waals surface area contributed by atoms with Crippen LogP contribution in [0.4, 0.5) is 0 Å². The highest BCUT2D eigenvalue weighted by Crippen LogP contribution is 2.47. The van der Waals surface area contributed by atoms with E-state index in [-0.39, 0.29) is 29.9 Å². The van der Waals surface area contributed by atoms with Gasteiger partial charge in [0.1, 0.15) is 33.2 Å². The van der Waals surface area contributed by atoms with Gasteiger partial charge in [-0.05, 0) is 37.5 Å². The Bertz CT molecular complexity index is 1050. The maximum Gasteiger partial charge on any atom is 0.396 e. The maximum absolute atomic E-state index is 11.4. The molecule has 152 valence electrons. The molecule has 2 aliphatic heterocycles. The Hall–Kier alpha value is -1.88. The quantitative estimate of drug-likeness (QED) is 0.343. The third kappa shape index (κ3) is 5.42. The minimum Gasteiger partial charge on any atom is -0.426 e. The van der Waals surface area contributed by atoms with Crippen molar-refractivity contribution >= 4 is 36.5 Å². The number of rotatable bonds is 3. The van der Waals surface area contributed by atoms with Gasteiger partial charge in [0, 0.05) is 24.3 Å². The molecule has 1 fully saturated rings. The van der Waals surface area contributed by atoms with Crippen molar-refractivity contribution in [3.05, 3.63) is 56.2 Å². The molecule has 4 rings (SSSR count). The van der Waals surface area contributed by atoms with Crippen LogP contribution >= 0.6 is 20.8 Å². The van der Waals surface area contributed by atoms with Crippen molar-refractivity contribution in [1.29, 1.82) is 0 Å². The molecule has 0 bridgehead atoms. The second-order valence-electron chi connectivity index (χ2n) is 6.51. The summed E-state index contributed by atoms with van der Waals surface area (Å²) in [6, 6.07) is 5.68. The SMILES string of the molecule is [B]COP1OCc2cccc(C)c2O1.[B][C@@H]1CCC(n2cc(C#C)c(=O)[nH]c2=S)O1. The van der Waals surface area contributed by atoms with Crippen LogP contribution in [0.15, 0.2) is 29.2 Å². The number of aryl methyl sites for hydroxylation is 1. The minimum atomic E-state index is -1.30. The lowest BCUT2D eigenvalue weighted by Gasteiger charge is -2.24. The maximum atomic E-state index is 11.4. The number of hydrogen-bond donors (Lipinski definition) is 1. The summed E-state index contributed by atoms with van der Waals surface area (Å²) in [5, 5.41) is 0. The summed E-state index contributed by atoms with van der Waals surface area (Å²) in [6.45, 7) is 2.65. The number of fused-ring (bicyclic) bond motifs is 1. The molecule has 7 nitrogen and oxygen atoms in total. The molecule has 0 amide bonds. The first-order valence-corrected chi connectivity index (χ1v) is 10.7. The van der Waals surface area contributed by atoms with Crippen LogP contribution in [-0.4, -0.2) is 37.8 Å². The molecule has 3 heterocycles. The molecule has 0 saturated carbocycles. The smallest absolute Gasteiger partial charge is 0.396 e. The van der Waals surface area contributed by atoms with Gasteiger partial charge in [-0.2, -0.15) is 0 Å². The van der Waals surface area contributed by atoms with Crippen LogP contribution < -0.4 is 10.1 Å². The average molecular weight is 440 g/mol. The van der Waals surface area contributed by atoms with Gasteiger partial charge in [-0.25, -0.2) is 0 Å². The molecular weight excluding hydrogens is 421 g/mol. The van der Waals surface area contributed by atoms with Crippen LogP contribution in [0.3, 0.4) is 0 Å². The Morgan fingerprint density at radius 1 is 1.47 bits per heavy atom. The van der Waals surface area contributed by atoms with Gasteiger partial charge in [0.15, 0.2) is 4.77 Å². The Kier molecular flexibility index (Phi) is 7.93. The van der Waals surface area contributed by atoms with Crippen molar-refractivity contribution in [2.45, 2.75) is 38.6 Å². The van der Waals surface area contributed by atoms with Gasteiger partial charge in [0.25, 0.3) is 5.56 Å². The van der Waals surface area contributed by atoms with E-state index in [0.717, 1.165) is 29.7 Å². The molecule has 3 atom stereocenters. The fraction of sp³-hybridized carbons (Fsp3) is 0.368. The summed E-state index contributed by atoms with van der Waals surface area (Å²) in [4.78, 5) is 13.9. The van der Waals surface area contributed by atoms with E-state index in [0.29, 0.717) is 11.4 Å². The predicted octanol–water partition coefficient (Wildman–Crippen LogP) is 2.96. The summed E-state index contributed by atoms with van der Waals surface area (Å²) < 4.78 is 23.4. The molecule has 2 aromatic rings. The van der Waals surface area contributed by atoms with E-state index >= 15 is 0 Å². The fourth-order valence-corrected chi connectivity index (χ4v) is 4.18. The Balaban J connectivity index is 0.000000172. The van der Waals surface area contributed by atoms with Crippen LogP contribution in [-0.2, 0) is 20.4 Å². The van der Waals surface area contributed by atoms with Gasteiger partial charge in [-0.3, -0.25) is 18.9 Å². The van der Waals surface area contributed by atoms with Crippen molar-refractivity contribution in [2.75, 3.05) is 6.51 Å². The van der Waals surface area contributed by atoms with E-state index in [2.05, 4.69) is 10.9 Å². The monoisotopic (exact) mass is 440 g/mol. The van der Waals surface area contributed by atoms with Gasteiger partial charge < -0.3 is 13.8 Å². The van der Waals surface area contributed by atoms with E-state index in [9.17, 15) is 4.79 Å². The van der Waals surface area contributed by atoms with E-state index in [4.69, 9.17) is 52.6 Å². The largest absolute Gasteiger partial charge is 0.426 e. The van der Waals surface area contributed by atoms with Gasteiger partial charge >= 0.3 is 8.60 Å². The molecule has 1 saturated heterocycles. The normalized spacial score (nSPS) is 22.2. The van der Waals surface area contributed by atoms with E-state index in [1.54, 1.807) is 4.57 Å². The van der Waals surface area contributed by atoms with Crippen LogP contribution in [0, 0.1) is 24.0 Å². The van der Waals surface area contributed by atoms with Crippen molar-refractivity contribution in [3.8, 4) is 18.1 Å². The number of hydrogen-bond acceptors (Lipinski definition) is 6. The molecule has 1 aromatic carbocycles. The molecule has 1 aromatic heterocycles. The first kappa shape index (κ1) is 22.8. The van der Waals surface area contributed by atoms with Crippen LogP contribution in [0.1, 0.15) is 35.8 Å². The summed E-state index contributed by atoms with van der Waals surface area (Å²) in [6.07, 6.45) is 8.02. The van der Waals surface area contributed by atoms with Crippen molar-refractivity contribution in [3.63, 3.8) is 0 Å². The minimum absolute atomic E-state index is 0.118. The van der Waals surface area contributed by atoms with Gasteiger partial charge in [0.05, 0.1) is 6.61 Å². The first-order valence-electron chi connectivity index (χ1n) is 9.18. The van der Waals surface area contributed by atoms with Crippen molar-refractivity contribution in [1.82, 2.24) is 9.55 Å². The summed E-state index contributed by atoms with van der Waals surface area (Å²) in [7, 11) is 9.58. The number of aromatic nitrogens is 2. The van der Waals surface area contributed by atoms with Crippen molar-refractivity contribution in [2.24, 2.45) is 0 Å². The molecule has 0 aliphatic carbocycles. The zero-order chi connectivity index (χ0) is 21.7. The second kappa shape index (κ2) is 10.4. The molecule has 30 heavy (non-hydrogen) atoms. The lowest BCUT2D eigenvalue weighted by atomic mass is 9.98. The third-order valence-electron chi connectivity index (χ3n) is 4.43. The summed E-state index contributed by atoms with van der Waals surface area (Å²) >= 11 is 5.04. The van der Waals surface area contributed by atoms with Crippen LogP contribution in [0.5, 0.6) is 5.75 Å². The lowest BCUT2D eigenvalue weighted by molar-refractivity contribution is 0.0353. The van der Waals surface area contributed by atoms with Crippen LogP contribution in [0.2, 0.25) is 0 Å². The zero-order valence-corrected chi connectivity index (χ0v) is 18.1. The third-order valence-corrected chi connectivity index (χ3v) is 5.77. The Labute approximate surface area is 183 Å². The average Bonchev–Trinajstić information content (AvgIpc) is 3.15. The van der Waals surface area contributed by atoms with E-state index in [1.165, 1.54) is 6.20 Å². The highest BCUT2D eigenvalue weighted by atomic mass is 32.1. The molecule has 11 heteroatoms. The molecule has 2 unspecified atom stereocenters. The number of nitrogens with one attached hydrogen (secondary N) is 1. The Morgan fingerprint density at radius 3 is 2.93 bits per heavy atom. The predicted molar refractivity (Wildman–Crippen MR) is 118 cm³/mol. The Morgan fingerprint density at radius 2 is 2.27 bits per heavy atom. The molecule has 4 radical (unpaired) electrons. The van der Waals surface area contributed by atoms with Crippen LogP contribution in [0.25, 0.3) is 0 Å². The number of H-pyrrole nitrogens is 1. The van der Waals surface area contributed by atoms with Gasteiger partial charge in [-0.15, -0.1) is 6.42 Å². The van der Waals surface area contributed by atoms with Crippen molar-refractivity contribution < 1.29 is 18.3 Å². The number of para-hydroxylation sites is 1. The topological polar surface area (TPSA) is 74.7 Å². The van der Waals surface area contributed by atoms with Gasteiger partial charge in [0.2, 0.25) is 0 Å². The summed E-state index contributed by atoms with van der Waals surface area (Å²) in [5.74, 6) is 3.17. The van der Waals surface area contributed by atoms with E-state index < -0.39 is 8.60 Å². The number of benzene rings is 1. The lowest BCUT2D eigenvalue weighted by Crippen LogP contribution is -2.20. The molecule has 1 N–H and O–H groups in total. The number of ether oxygens (including phenoxy) is 1. The number of nitrogens with zero attached hydrogens (tertiary/aromatic N) is 1. The van der Waals surface area contributed by atoms with Gasteiger partial charge in [-0.1, -0.05) is 24.1 Å². The summed E-state index contributed by atoms with van der Waals surface area (Å²) in [5.41, 5.74) is 2.03. The fourth-order valence-electron chi connectivity index (χ4n) is 2.96. The zero-order valence-electron chi connectivity index (χ0n) is 16.4. The number of terminal acetylenes is 1. The van der Waals surface area contributed by atoms with E-state index in [1.807, 2.05) is 25.1 Å². The molecule has 0 spiro atoms.